The van der Waals surface area contributed by atoms with Crippen LogP contribution in [0.25, 0.3) is 0 Å². The molecule has 0 aliphatic carbocycles. The molecule has 2 aromatic rings. The summed E-state index contributed by atoms with van der Waals surface area (Å²) in [6.07, 6.45) is 0. The number of rotatable bonds is 8. The normalized spacial score (nSPS) is 11.1. The van der Waals surface area contributed by atoms with Gasteiger partial charge in [-0.1, -0.05) is 41.4 Å². The molecular weight excluding hydrogens is 387 g/mol. The van der Waals surface area contributed by atoms with E-state index in [4.69, 9.17) is 27.9 Å². The van der Waals surface area contributed by atoms with Crippen LogP contribution in [0, 0.1) is 0 Å². The van der Waals surface area contributed by atoms with Crippen LogP contribution >= 0.6 is 23.2 Å². The van der Waals surface area contributed by atoms with Crippen LogP contribution in [0.4, 0.5) is 0 Å². The zero-order valence-corrected chi connectivity index (χ0v) is 15.4. The molecule has 0 saturated carbocycles. The van der Waals surface area contributed by atoms with Crippen LogP contribution in [0.3, 0.4) is 0 Å². The molecule has 2 N–H and O–H groups in total. The molecular formula is C16H16Cl2N2O4S. The Kier molecular flexibility index (Phi) is 7.07. The lowest BCUT2D eigenvalue weighted by atomic mass is 10.3. The van der Waals surface area contributed by atoms with Crippen molar-refractivity contribution in [3.63, 3.8) is 0 Å². The third-order valence-corrected chi connectivity index (χ3v) is 5.05. The molecule has 0 bridgehead atoms. The minimum Gasteiger partial charge on any atom is -0.482 e. The number of carbonyl (C=O) groups excluding carboxylic acids is 1. The lowest BCUT2D eigenvalue weighted by Crippen LogP contribution is -2.36. The van der Waals surface area contributed by atoms with Crippen molar-refractivity contribution in [1.82, 2.24) is 10.0 Å². The number of hydrogen-bond acceptors (Lipinski definition) is 4. The number of ether oxygens (including phenoxy) is 1. The third-order valence-electron chi connectivity index (χ3n) is 3.05. The monoisotopic (exact) mass is 402 g/mol. The van der Waals surface area contributed by atoms with Gasteiger partial charge in [-0.25, -0.2) is 13.1 Å². The number of amides is 1. The Labute approximate surface area is 156 Å². The number of carbonyl (C=O) groups is 1. The van der Waals surface area contributed by atoms with E-state index in [1.54, 1.807) is 30.3 Å². The molecule has 0 aliphatic rings. The fourth-order valence-electron chi connectivity index (χ4n) is 1.86. The Morgan fingerprint density at radius 2 is 1.76 bits per heavy atom. The van der Waals surface area contributed by atoms with E-state index in [0.29, 0.717) is 15.8 Å². The maximum Gasteiger partial charge on any atom is 0.257 e. The van der Waals surface area contributed by atoms with Crippen molar-refractivity contribution in [2.45, 2.75) is 4.90 Å². The van der Waals surface area contributed by atoms with E-state index in [0.717, 1.165) is 0 Å². The van der Waals surface area contributed by atoms with Gasteiger partial charge in [0.15, 0.2) is 6.61 Å². The van der Waals surface area contributed by atoms with Crippen molar-refractivity contribution in [3.05, 3.63) is 58.6 Å². The van der Waals surface area contributed by atoms with Crippen LogP contribution in [0.1, 0.15) is 0 Å². The molecule has 0 saturated heterocycles. The van der Waals surface area contributed by atoms with E-state index < -0.39 is 15.9 Å². The molecule has 0 aromatic heterocycles. The first-order valence-corrected chi connectivity index (χ1v) is 9.51. The lowest BCUT2D eigenvalue weighted by molar-refractivity contribution is -0.123. The number of hydrogen-bond donors (Lipinski definition) is 2. The van der Waals surface area contributed by atoms with Crippen molar-refractivity contribution in [3.8, 4) is 5.75 Å². The van der Waals surface area contributed by atoms with Crippen LogP contribution in [-0.4, -0.2) is 34.0 Å². The number of halogens is 2. The molecule has 2 aromatic carbocycles. The SMILES string of the molecule is O=C(COc1ccc(Cl)cc1Cl)NCCNS(=O)(=O)c1ccccc1. The number of benzene rings is 2. The van der Waals surface area contributed by atoms with Crippen molar-refractivity contribution in [1.29, 1.82) is 0 Å². The molecule has 134 valence electrons. The predicted octanol–water partition coefficient (Wildman–Crippen LogP) is 2.47. The van der Waals surface area contributed by atoms with Gasteiger partial charge in [-0.15, -0.1) is 0 Å². The minimum atomic E-state index is -3.59. The van der Waals surface area contributed by atoms with Crippen LogP contribution in [0.15, 0.2) is 53.4 Å². The van der Waals surface area contributed by atoms with Gasteiger partial charge in [-0.2, -0.15) is 0 Å². The molecule has 6 nitrogen and oxygen atoms in total. The molecule has 0 spiro atoms. The first-order valence-electron chi connectivity index (χ1n) is 7.28. The van der Waals surface area contributed by atoms with Crippen LogP contribution < -0.4 is 14.8 Å². The van der Waals surface area contributed by atoms with Gasteiger partial charge in [0.2, 0.25) is 10.0 Å². The van der Waals surface area contributed by atoms with E-state index in [2.05, 4.69) is 10.0 Å². The fraction of sp³-hybridized carbons (Fsp3) is 0.188. The zero-order chi connectivity index (χ0) is 18.3. The topological polar surface area (TPSA) is 84.5 Å². The summed E-state index contributed by atoms with van der Waals surface area (Å²) in [6, 6.07) is 12.6. The van der Waals surface area contributed by atoms with E-state index in [9.17, 15) is 13.2 Å². The minimum absolute atomic E-state index is 0.0602. The molecule has 9 heteroatoms. The fourth-order valence-corrected chi connectivity index (χ4v) is 3.37. The van der Waals surface area contributed by atoms with Crippen molar-refractivity contribution in [2.24, 2.45) is 0 Å². The summed E-state index contributed by atoms with van der Waals surface area (Å²) in [5.41, 5.74) is 0. The van der Waals surface area contributed by atoms with Crippen LogP contribution in [0.2, 0.25) is 10.0 Å². The summed E-state index contributed by atoms with van der Waals surface area (Å²) in [5.74, 6) is -0.0593. The second-order valence-corrected chi connectivity index (χ2v) is 7.53. The molecule has 2 rings (SSSR count). The standard InChI is InChI=1S/C16H16Cl2N2O4S/c17-12-6-7-15(14(18)10-12)24-11-16(21)19-8-9-20-25(22,23)13-4-2-1-3-5-13/h1-7,10,20H,8-9,11H2,(H,19,21). The van der Waals surface area contributed by atoms with Gasteiger partial charge in [-0.3, -0.25) is 4.79 Å². The van der Waals surface area contributed by atoms with Crippen molar-refractivity contribution in [2.75, 3.05) is 19.7 Å². The highest BCUT2D eigenvalue weighted by atomic mass is 35.5. The van der Waals surface area contributed by atoms with E-state index in [1.165, 1.54) is 18.2 Å². The summed E-state index contributed by atoms with van der Waals surface area (Å²) in [4.78, 5) is 11.9. The Morgan fingerprint density at radius 1 is 1.04 bits per heavy atom. The number of sulfonamides is 1. The first kappa shape index (κ1) is 19.5. The summed E-state index contributed by atoms with van der Waals surface area (Å²) in [6.45, 7) is -0.0555. The largest absolute Gasteiger partial charge is 0.482 e. The Morgan fingerprint density at radius 3 is 2.44 bits per heavy atom. The average molecular weight is 403 g/mol. The van der Waals surface area contributed by atoms with Gasteiger partial charge in [0.25, 0.3) is 5.91 Å². The zero-order valence-electron chi connectivity index (χ0n) is 13.0. The summed E-state index contributed by atoms with van der Waals surface area (Å²) >= 11 is 11.7. The molecule has 25 heavy (non-hydrogen) atoms. The first-order chi connectivity index (χ1) is 11.9. The van der Waals surface area contributed by atoms with Gasteiger partial charge in [0.05, 0.1) is 9.92 Å². The van der Waals surface area contributed by atoms with Crippen LogP contribution in [0.5, 0.6) is 5.75 Å². The molecule has 0 radical (unpaired) electrons. The second-order valence-electron chi connectivity index (χ2n) is 4.92. The quantitative estimate of drug-likeness (QED) is 0.664. The van der Waals surface area contributed by atoms with E-state index >= 15 is 0 Å². The van der Waals surface area contributed by atoms with Gasteiger partial charge in [0, 0.05) is 18.1 Å². The van der Waals surface area contributed by atoms with Crippen molar-refractivity contribution >= 4 is 39.1 Å². The van der Waals surface area contributed by atoms with Gasteiger partial charge in [-0.05, 0) is 30.3 Å². The van der Waals surface area contributed by atoms with E-state index in [1.807, 2.05) is 0 Å². The maximum atomic E-state index is 12.0. The van der Waals surface area contributed by atoms with Gasteiger partial charge >= 0.3 is 0 Å². The van der Waals surface area contributed by atoms with Gasteiger partial charge < -0.3 is 10.1 Å². The van der Waals surface area contributed by atoms with Crippen LogP contribution in [-0.2, 0) is 14.8 Å². The van der Waals surface area contributed by atoms with E-state index in [-0.39, 0.29) is 24.6 Å². The summed E-state index contributed by atoms with van der Waals surface area (Å²) < 4.78 is 31.6. The molecule has 0 aliphatic heterocycles. The highest BCUT2D eigenvalue weighted by Crippen LogP contribution is 2.27. The Hall–Kier alpha value is -1.80. The predicted molar refractivity (Wildman–Crippen MR) is 96.6 cm³/mol. The second kappa shape index (κ2) is 9.05. The molecule has 0 unspecified atom stereocenters. The van der Waals surface area contributed by atoms with Crippen molar-refractivity contribution < 1.29 is 17.9 Å². The Balaban J connectivity index is 1.72. The number of nitrogens with one attached hydrogen (secondary N) is 2. The summed E-state index contributed by atoms with van der Waals surface area (Å²) in [5, 5.41) is 3.31. The highest BCUT2D eigenvalue weighted by molar-refractivity contribution is 7.89. The molecule has 0 fully saturated rings. The molecule has 1 amide bonds. The summed E-state index contributed by atoms with van der Waals surface area (Å²) in [7, 11) is -3.59. The smallest absolute Gasteiger partial charge is 0.257 e. The third kappa shape index (κ3) is 6.21. The molecule has 0 heterocycles. The lowest BCUT2D eigenvalue weighted by Gasteiger charge is -2.10. The average Bonchev–Trinajstić information content (AvgIpc) is 2.59. The highest BCUT2D eigenvalue weighted by Gasteiger charge is 2.12. The Bertz CT molecular complexity index is 829. The maximum absolute atomic E-state index is 12.0. The van der Waals surface area contributed by atoms with Gasteiger partial charge in [0.1, 0.15) is 5.75 Å². The molecule has 0 atom stereocenters.